The molecule has 4 N–H and O–H groups in total. The molecule has 0 radical (unpaired) electrons. The SMILES string of the molecule is CNC(=O)C(=O)C(NC(=O)[C@@H]1CC(C)(C)CCN1C(=O)CNc1c(Cl)cc(Cl)cc1Cl)[C@@H]1CCNC1=O. The second-order valence-corrected chi connectivity index (χ2v) is 11.2. The number of likely N-dealkylation sites (tertiary alicyclic amines) is 1. The summed E-state index contributed by atoms with van der Waals surface area (Å²) in [5, 5.41) is 11.2. The van der Waals surface area contributed by atoms with Crippen molar-refractivity contribution in [2.45, 2.75) is 45.2 Å². The predicted octanol–water partition coefficient (Wildman–Crippen LogP) is 2.01. The zero-order valence-electron chi connectivity index (χ0n) is 20.8. The number of anilines is 1. The summed E-state index contributed by atoms with van der Waals surface area (Å²) in [6.45, 7) is 4.40. The maximum Gasteiger partial charge on any atom is 0.289 e. The molecule has 0 bridgehead atoms. The number of hydrogen-bond acceptors (Lipinski definition) is 6. The summed E-state index contributed by atoms with van der Waals surface area (Å²) in [5.74, 6) is -4.12. The highest BCUT2D eigenvalue weighted by Gasteiger charge is 2.44. The molecule has 13 heteroatoms. The molecule has 1 aromatic rings. The molecule has 2 saturated heterocycles. The van der Waals surface area contributed by atoms with Crippen molar-refractivity contribution in [3.8, 4) is 0 Å². The van der Waals surface area contributed by atoms with Crippen LogP contribution in [0.2, 0.25) is 15.1 Å². The third kappa shape index (κ3) is 6.86. The fourth-order valence-corrected chi connectivity index (χ4v) is 5.57. The Morgan fingerprint density at radius 3 is 2.38 bits per heavy atom. The van der Waals surface area contributed by atoms with Gasteiger partial charge in [-0.2, -0.15) is 0 Å². The topological polar surface area (TPSA) is 137 Å². The Kier molecular flexibility index (Phi) is 9.31. The van der Waals surface area contributed by atoms with Gasteiger partial charge in [-0.05, 0) is 36.8 Å². The van der Waals surface area contributed by atoms with Crippen LogP contribution in [0.4, 0.5) is 5.69 Å². The molecule has 0 saturated carbocycles. The molecular weight excluding hydrogens is 545 g/mol. The van der Waals surface area contributed by atoms with Gasteiger partial charge in [-0.3, -0.25) is 24.0 Å². The highest BCUT2D eigenvalue weighted by Crippen LogP contribution is 2.35. The smallest absolute Gasteiger partial charge is 0.289 e. The van der Waals surface area contributed by atoms with Gasteiger partial charge in [0.05, 0.1) is 28.2 Å². The number of halogens is 3. The standard InChI is InChI=1S/C24H30Cl3N5O5/c1-24(2)5-7-32(17(33)11-30-19-14(26)8-12(25)9-15(19)27)16(10-24)22(36)31-18(20(34)23(37)28-3)13-4-6-29-21(13)35/h8-9,13,16,18,30H,4-7,10-11H2,1-3H3,(H,28,37)(H,29,35)(H,31,36)/t13-,16-,18?/m0/s1. The lowest BCUT2D eigenvalue weighted by atomic mass is 9.78. The molecule has 4 amide bonds. The first kappa shape index (κ1) is 29.0. The zero-order chi connectivity index (χ0) is 27.5. The van der Waals surface area contributed by atoms with Crippen LogP contribution < -0.4 is 21.3 Å². The van der Waals surface area contributed by atoms with Crippen molar-refractivity contribution in [2.24, 2.45) is 11.3 Å². The highest BCUT2D eigenvalue weighted by atomic mass is 35.5. The Morgan fingerprint density at radius 2 is 1.81 bits per heavy atom. The largest absolute Gasteiger partial charge is 0.374 e. The lowest BCUT2D eigenvalue weighted by Gasteiger charge is -2.43. The fraction of sp³-hybridized carbons (Fsp3) is 0.542. The van der Waals surface area contributed by atoms with E-state index in [9.17, 15) is 24.0 Å². The van der Waals surface area contributed by atoms with E-state index in [1.54, 1.807) is 0 Å². The molecular formula is C24H30Cl3N5O5. The lowest BCUT2D eigenvalue weighted by molar-refractivity contribution is -0.146. The van der Waals surface area contributed by atoms with E-state index in [1.165, 1.54) is 24.1 Å². The molecule has 3 rings (SSSR count). The van der Waals surface area contributed by atoms with E-state index >= 15 is 0 Å². The number of benzene rings is 1. The number of hydrogen-bond donors (Lipinski definition) is 4. The Labute approximate surface area is 230 Å². The molecule has 2 fully saturated rings. The van der Waals surface area contributed by atoms with Crippen LogP contribution in [-0.2, 0) is 24.0 Å². The number of amides is 4. The number of carbonyl (C=O) groups excluding carboxylic acids is 5. The van der Waals surface area contributed by atoms with Gasteiger partial charge in [0.1, 0.15) is 12.1 Å². The summed E-state index contributed by atoms with van der Waals surface area (Å²) in [4.78, 5) is 65.4. The van der Waals surface area contributed by atoms with E-state index in [0.717, 1.165) is 0 Å². The average Bonchev–Trinajstić information content (AvgIpc) is 3.25. The van der Waals surface area contributed by atoms with Gasteiger partial charge < -0.3 is 26.2 Å². The minimum atomic E-state index is -1.35. The van der Waals surface area contributed by atoms with Crippen LogP contribution in [0.25, 0.3) is 0 Å². The average molecular weight is 575 g/mol. The number of Topliss-reactive ketones (excluding diaryl/α,β-unsaturated/α-hetero) is 1. The lowest BCUT2D eigenvalue weighted by Crippen LogP contribution is -2.60. The van der Waals surface area contributed by atoms with Crippen molar-refractivity contribution in [2.75, 3.05) is 32.0 Å². The summed E-state index contributed by atoms with van der Waals surface area (Å²) in [6, 6.07) is 0.717. The molecule has 2 aliphatic heterocycles. The third-order valence-corrected chi connectivity index (χ3v) is 7.54. The van der Waals surface area contributed by atoms with Crippen molar-refractivity contribution < 1.29 is 24.0 Å². The van der Waals surface area contributed by atoms with E-state index in [1.807, 2.05) is 13.8 Å². The quantitative estimate of drug-likeness (QED) is 0.351. The van der Waals surface area contributed by atoms with Gasteiger partial charge in [0.15, 0.2) is 0 Å². The Hall–Kier alpha value is -2.56. The molecule has 3 atom stereocenters. The number of likely N-dealkylation sites (N-methyl/N-ethyl adjacent to an activating group) is 1. The van der Waals surface area contributed by atoms with Crippen LogP contribution >= 0.6 is 34.8 Å². The summed E-state index contributed by atoms with van der Waals surface area (Å²) in [7, 11) is 1.30. The maximum absolute atomic E-state index is 13.5. The van der Waals surface area contributed by atoms with Gasteiger partial charge in [0, 0.05) is 25.2 Å². The predicted molar refractivity (Wildman–Crippen MR) is 141 cm³/mol. The van der Waals surface area contributed by atoms with Crippen molar-refractivity contribution in [3.05, 3.63) is 27.2 Å². The van der Waals surface area contributed by atoms with Gasteiger partial charge in [0.25, 0.3) is 5.91 Å². The van der Waals surface area contributed by atoms with Crippen LogP contribution in [0.15, 0.2) is 12.1 Å². The molecule has 10 nitrogen and oxygen atoms in total. The van der Waals surface area contributed by atoms with Gasteiger partial charge in [-0.15, -0.1) is 0 Å². The summed E-state index contributed by atoms with van der Waals surface area (Å²) in [6.07, 6.45) is 1.26. The highest BCUT2D eigenvalue weighted by molar-refractivity contribution is 6.41. The van der Waals surface area contributed by atoms with E-state index in [0.29, 0.717) is 36.6 Å². The molecule has 0 aromatic heterocycles. The molecule has 2 aliphatic rings. The maximum atomic E-state index is 13.5. The van der Waals surface area contributed by atoms with Crippen molar-refractivity contribution in [3.63, 3.8) is 0 Å². The monoisotopic (exact) mass is 573 g/mol. The van der Waals surface area contributed by atoms with Crippen LogP contribution in [0.1, 0.15) is 33.1 Å². The molecule has 1 unspecified atom stereocenters. The Balaban J connectivity index is 1.80. The first-order valence-corrected chi connectivity index (χ1v) is 13.0. The van der Waals surface area contributed by atoms with E-state index in [4.69, 9.17) is 34.8 Å². The molecule has 1 aromatic carbocycles. The second kappa shape index (κ2) is 11.9. The molecule has 2 heterocycles. The van der Waals surface area contributed by atoms with Gasteiger partial charge in [0.2, 0.25) is 23.5 Å². The van der Waals surface area contributed by atoms with E-state index in [2.05, 4.69) is 21.3 Å². The normalized spacial score (nSPS) is 21.6. The van der Waals surface area contributed by atoms with Crippen molar-refractivity contribution >= 4 is 69.9 Å². The number of carbonyl (C=O) groups is 5. The number of nitrogens with zero attached hydrogens (tertiary/aromatic N) is 1. The number of nitrogens with one attached hydrogen (secondary N) is 4. The van der Waals surface area contributed by atoms with Gasteiger partial charge in [-0.1, -0.05) is 48.7 Å². The van der Waals surface area contributed by atoms with Crippen LogP contribution in [0.3, 0.4) is 0 Å². The second-order valence-electron chi connectivity index (χ2n) is 9.94. The van der Waals surface area contributed by atoms with E-state index in [-0.39, 0.29) is 34.3 Å². The van der Waals surface area contributed by atoms with Crippen LogP contribution in [-0.4, -0.2) is 73.1 Å². The van der Waals surface area contributed by atoms with Gasteiger partial charge in [-0.25, -0.2) is 0 Å². The van der Waals surface area contributed by atoms with E-state index < -0.39 is 41.5 Å². The number of ketones is 1. The zero-order valence-corrected chi connectivity index (χ0v) is 23.0. The fourth-order valence-electron chi connectivity index (χ4n) is 4.62. The number of rotatable bonds is 8. The van der Waals surface area contributed by atoms with Crippen LogP contribution in [0.5, 0.6) is 0 Å². The first-order chi connectivity index (χ1) is 17.3. The summed E-state index contributed by atoms with van der Waals surface area (Å²) < 4.78 is 0. The van der Waals surface area contributed by atoms with Crippen LogP contribution in [0, 0.1) is 11.3 Å². The summed E-state index contributed by atoms with van der Waals surface area (Å²) >= 11 is 18.3. The van der Waals surface area contributed by atoms with Gasteiger partial charge >= 0.3 is 0 Å². The van der Waals surface area contributed by atoms with Crippen molar-refractivity contribution in [1.82, 2.24) is 20.9 Å². The molecule has 0 spiro atoms. The first-order valence-electron chi connectivity index (χ1n) is 11.9. The molecule has 37 heavy (non-hydrogen) atoms. The van der Waals surface area contributed by atoms with Crippen molar-refractivity contribution in [1.29, 1.82) is 0 Å². The molecule has 0 aliphatic carbocycles. The summed E-state index contributed by atoms with van der Waals surface area (Å²) in [5.41, 5.74) is 0.0722. The molecule has 202 valence electrons. The number of piperidine rings is 1. The third-order valence-electron chi connectivity index (χ3n) is 6.72. The Bertz CT molecular complexity index is 1090. The minimum absolute atomic E-state index is 0.198. The Morgan fingerprint density at radius 1 is 1.16 bits per heavy atom. The minimum Gasteiger partial charge on any atom is -0.374 e.